The van der Waals surface area contributed by atoms with Gasteiger partial charge in [-0.25, -0.2) is 9.13 Å². The van der Waals surface area contributed by atoms with Crippen LogP contribution in [-0.4, -0.2) is 96.7 Å². The molecule has 0 spiro atoms. The first kappa shape index (κ1) is 111. The Balaban J connectivity index is 5.23. The van der Waals surface area contributed by atoms with Crippen LogP contribution in [0, 0.1) is 5.92 Å². The summed E-state index contributed by atoms with van der Waals surface area (Å²) in [6, 6.07) is 0. The molecule has 19 heteroatoms. The van der Waals surface area contributed by atoms with E-state index in [0.29, 0.717) is 25.7 Å². The Morgan fingerprint density at radius 3 is 0.602 bits per heavy atom. The minimum Gasteiger partial charge on any atom is -0.462 e. The summed E-state index contributed by atoms with van der Waals surface area (Å²) in [4.78, 5) is 73.5. The number of ether oxygens (including phenoxy) is 4. The molecule has 113 heavy (non-hydrogen) atoms. The second-order valence-electron chi connectivity index (χ2n) is 34.2. The third-order valence-electron chi connectivity index (χ3n) is 22.3. The summed E-state index contributed by atoms with van der Waals surface area (Å²) >= 11 is 0. The molecule has 0 aromatic heterocycles. The minimum absolute atomic E-state index is 0.109. The van der Waals surface area contributed by atoms with E-state index in [1.165, 1.54) is 340 Å². The fourth-order valence-corrected chi connectivity index (χ4v) is 16.5. The first-order valence-electron chi connectivity index (χ1n) is 48.6. The summed E-state index contributed by atoms with van der Waals surface area (Å²) in [6.07, 6.45) is 83.6. The zero-order valence-corrected chi connectivity index (χ0v) is 76.3. The van der Waals surface area contributed by atoms with Crippen LogP contribution in [0.5, 0.6) is 0 Å². The zero-order chi connectivity index (χ0) is 82.6. The molecule has 0 radical (unpaired) electrons. The summed E-state index contributed by atoms with van der Waals surface area (Å²) in [5, 5.41) is 10.7. The third kappa shape index (κ3) is 87.7. The van der Waals surface area contributed by atoms with Gasteiger partial charge < -0.3 is 33.8 Å². The van der Waals surface area contributed by atoms with Gasteiger partial charge in [0.2, 0.25) is 0 Å². The lowest BCUT2D eigenvalue weighted by atomic mass is 10.0. The molecule has 0 aliphatic carbocycles. The van der Waals surface area contributed by atoms with E-state index in [2.05, 4.69) is 34.6 Å². The van der Waals surface area contributed by atoms with Gasteiger partial charge in [-0.15, -0.1) is 0 Å². The van der Waals surface area contributed by atoms with Crippen LogP contribution in [0.1, 0.15) is 516 Å². The Labute approximate surface area is 696 Å². The number of aliphatic hydroxyl groups excluding tert-OH is 1. The van der Waals surface area contributed by atoms with Crippen molar-refractivity contribution in [3.05, 3.63) is 0 Å². The number of unbranched alkanes of at least 4 members (excludes halogenated alkanes) is 66. The molecule has 0 saturated heterocycles. The van der Waals surface area contributed by atoms with E-state index in [1.807, 2.05) is 0 Å². The average molecular weight is 1650 g/mol. The number of phosphoric ester groups is 2. The third-order valence-corrected chi connectivity index (χ3v) is 24.2. The monoisotopic (exact) mass is 1650 g/mol. The molecule has 5 atom stereocenters. The van der Waals surface area contributed by atoms with E-state index in [4.69, 9.17) is 37.0 Å². The Bertz CT molecular complexity index is 2140. The second-order valence-corrected chi connectivity index (χ2v) is 37.1. The smallest absolute Gasteiger partial charge is 0.462 e. The summed E-state index contributed by atoms with van der Waals surface area (Å²) in [7, 11) is -9.94. The maximum absolute atomic E-state index is 13.2. The zero-order valence-electron chi connectivity index (χ0n) is 74.5. The summed E-state index contributed by atoms with van der Waals surface area (Å²) in [5.74, 6) is -1.35. The van der Waals surface area contributed by atoms with Crippen molar-refractivity contribution in [1.82, 2.24) is 0 Å². The maximum atomic E-state index is 13.2. The topological polar surface area (TPSA) is 237 Å². The van der Waals surface area contributed by atoms with Crippen LogP contribution >= 0.6 is 15.6 Å². The molecule has 0 bridgehead atoms. The number of carbonyl (C=O) groups is 4. The van der Waals surface area contributed by atoms with E-state index in [-0.39, 0.29) is 25.7 Å². The van der Waals surface area contributed by atoms with Crippen molar-refractivity contribution in [3.8, 4) is 0 Å². The van der Waals surface area contributed by atoms with Crippen molar-refractivity contribution in [2.45, 2.75) is 534 Å². The highest BCUT2D eigenvalue weighted by atomic mass is 31.2. The molecule has 2 unspecified atom stereocenters. The first-order chi connectivity index (χ1) is 55.0. The quantitative estimate of drug-likeness (QED) is 0.0222. The summed E-state index contributed by atoms with van der Waals surface area (Å²) in [6.45, 7) is 7.39. The highest BCUT2D eigenvalue weighted by molar-refractivity contribution is 7.47. The molecular formula is C94H184O17P2. The van der Waals surface area contributed by atoms with Crippen LogP contribution in [0.25, 0.3) is 0 Å². The maximum Gasteiger partial charge on any atom is 0.472 e. The predicted molar refractivity (Wildman–Crippen MR) is 469 cm³/mol. The number of hydrogen-bond acceptors (Lipinski definition) is 15. The van der Waals surface area contributed by atoms with Crippen LogP contribution in [0.3, 0.4) is 0 Å². The molecule has 672 valence electrons. The van der Waals surface area contributed by atoms with Gasteiger partial charge in [0, 0.05) is 25.7 Å². The summed E-state index contributed by atoms with van der Waals surface area (Å²) < 4.78 is 69.2. The van der Waals surface area contributed by atoms with Gasteiger partial charge in [-0.05, 0) is 31.6 Å². The number of esters is 4. The number of hydrogen-bond donors (Lipinski definition) is 3. The molecule has 0 rings (SSSR count). The van der Waals surface area contributed by atoms with Crippen molar-refractivity contribution in [3.63, 3.8) is 0 Å². The SMILES string of the molecule is CCCCCCCCCCCCCCCCCCCCCCCCC(=O)OC[C@H](COP(=O)(O)OC[C@@H](O)COP(=O)(O)OC[C@@H](COC(=O)CCCCCCCCCCCC(C)C)OC(=O)CCCCCCCCCCCCCCCCCCC)OC(=O)CCCCCCCCCCCCCCCCCCCCCCCC. The van der Waals surface area contributed by atoms with Gasteiger partial charge in [-0.2, -0.15) is 0 Å². The van der Waals surface area contributed by atoms with E-state index < -0.39 is 97.5 Å². The van der Waals surface area contributed by atoms with Crippen molar-refractivity contribution in [2.24, 2.45) is 5.92 Å². The summed E-state index contributed by atoms with van der Waals surface area (Å²) in [5.41, 5.74) is 0. The highest BCUT2D eigenvalue weighted by Gasteiger charge is 2.31. The van der Waals surface area contributed by atoms with Crippen LogP contribution < -0.4 is 0 Å². The molecule has 0 aliphatic rings. The van der Waals surface area contributed by atoms with E-state index in [1.54, 1.807) is 0 Å². The van der Waals surface area contributed by atoms with E-state index in [9.17, 15) is 43.2 Å². The molecular weight excluding hydrogens is 1460 g/mol. The molecule has 0 amide bonds. The van der Waals surface area contributed by atoms with Crippen LogP contribution in [-0.2, 0) is 65.4 Å². The van der Waals surface area contributed by atoms with Crippen molar-refractivity contribution in [1.29, 1.82) is 0 Å². The fraction of sp³-hybridized carbons (Fsp3) is 0.957. The van der Waals surface area contributed by atoms with Gasteiger partial charge in [0.1, 0.15) is 19.3 Å². The van der Waals surface area contributed by atoms with Crippen LogP contribution in [0.4, 0.5) is 0 Å². The lowest BCUT2D eigenvalue weighted by Crippen LogP contribution is -2.30. The Hall–Kier alpha value is -1.94. The van der Waals surface area contributed by atoms with Crippen LogP contribution in [0.2, 0.25) is 0 Å². The molecule has 0 aromatic carbocycles. The predicted octanol–water partition coefficient (Wildman–Crippen LogP) is 29.5. The van der Waals surface area contributed by atoms with Gasteiger partial charge in [0.05, 0.1) is 26.4 Å². The fourth-order valence-electron chi connectivity index (χ4n) is 14.9. The normalized spacial score (nSPS) is 13.6. The number of phosphoric acid groups is 2. The van der Waals surface area contributed by atoms with Crippen molar-refractivity contribution in [2.75, 3.05) is 39.6 Å². The molecule has 0 saturated carbocycles. The molecule has 0 aromatic rings. The number of carbonyl (C=O) groups excluding carboxylic acids is 4. The van der Waals surface area contributed by atoms with Crippen molar-refractivity contribution >= 4 is 39.5 Å². The van der Waals surface area contributed by atoms with Crippen LogP contribution in [0.15, 0.2) is 0 Å². The first-order valence-corrected chi connectivity index (χ1v) is 51.6. The standard InChI is InChI=1S/C94H184O17P2/c1-6-9-12-15-18-21-24-27-30-33-35-37-39-41-44-46-49-52-57-62-67-72-77-91(96)104-83-89(110-93(98)80-75-70-65-59-54-51-48-45-42-40-38-36-34-31-28-25-22-19-16-13-10-7-2)85-108-112(100,101)106-81-88(95)82-107-113(102,103)109-86-90(84-105-92(97)78-73-68-63-60-55-56-61-66-71-76-87(4)5)111-94(99)79-74-69-64-58-53-50-47-43-32-29-26-23-20-17-14-11-8-3/h87-90,95H,6-86H2,1-5H3,(H,100,101)(H,102,103)/t88-,89-,90-/m1/s1. The number of rotatable bonds is 94. The highest BCUT2D eigenvalue weighted by Crippen LogP contribution is 2.45. The molecule has 0 aliphatic heterocycles. The van der Waals surface area contributed by atoms with Gasteiger partial charge >= 0.3 is 39.5 Å². The molecule has 17 nitrogen and oxygen atoms in total. The van der Waals surface area contributed by atoms with Gasteiger partial charge in [-0.1, -0.05) is 465 Å². The van der Waals surface area contributed by atoms with Gasteiger partial charge in [-0.3, -0.25) is 37.3 Å². The molecule has 0 fully saturated rings. The second kappa shape index (κ2) is 86.4. The number of aliphatic hydroxyl groups is 1. The molecule has 3 N–H and O–H groups in total. The lowest BCUT2D eigenvalue weighted by Gasteiger charge is -2.21. The van der Waals surface area contributed by atoms with Crippen molar-refractivity contribution < 1.29 is 80.2 Å². The average Bonchev–Trinajstić information content (AvgIpc) is 0.899. The van der Waals surface area contributed by atoms with E-state index >= 15 is 0 Å². The van der Waals surface area contributed by atoms with Gasteiger partial charge in [0.25, 0.3) is 0 Å². The van der Waals surface area contributed by atoms with E-state index in [0.717, 1.165) is 95.8 Å². The van der Waals surface area contributed by atoms with Gasteiger partial charge in [0.15, 0.2) is 12.2 Å². The Kier molecular flexibility index (Phi) is 85.0. The lowest BCUT2D eigenvalue weighted by molar-refractivity contribution is -0.161. The minimum atomic E-state index is -4.97. The Morgan fingerprint density at radius 2 is 0.407 bits per heavy atom. The Morgan fingerprint density at radius 1 is 0.239 bits per heavy atom. The molecule has 0 heterocycles. The largest absolute Gasteiger partial charge is 0.472 e.